The lowest BCUT2D eigenvalue weighted by atomic mass is 10.0. The van der Waals surface area contributed by atoms with Gasteiger partial charge in [-0.1, -0.05) is 30.3 Å². The Hall–Kier alpha value is -2.22. The number of carbonyl (C=O) groups excluding carboxylic acids is 1. The first-order chi connectivity index (χ1) is 14.4. The fraction of sp³-hybridized carbons (Fsp3) is 0.435. The van der Waals surface area contributed by atoms with Gasteiger partial charge >= 0.3 is 0 Å². The molecule has 2 aromatic carbocycles. The minimum atomic E-state index is -3.66. The fourth-order valence-electron chi connectivity index (χ4n) is 4.23. The van der Waals surface area contributed by atoms with E-state index in [1.807, 2.05) is 18.2 Å². The normalized spacial score (nSPS) is 17.6. The summed E-state index contributed by atoms with van der Waals surface area (Å²) < 4.78 is 28.0. The minimum Gasteiger partial charge on any atom is -0.340 e. The number of hydrogen-bond acceptors (Lipinski definition) is 4. The van der Waals surface area contributed by atoms with Crippen LogP contribution in [-0.4, -0.2) is 68.2 Å². The first-order valence-electron chi connectivity index (χ1n) is 10.6. The summed E-state index contributed by atoms with van der Waals surface area (Å²) >= 11 is 0. The summed E-state index contributed by atoms with van der Waals surface area (Å²) in [5, 5.41) is 0. The van der Waals surface area contributed by atoms with Crippen LogP contribution < -0.4 is 0 Å². The van der Waals surface area contributed by atoms with Crippen LogP contribution in [0.25, 0.3) is 0 Å². The van der Waals surface area contributed by atoms with E-state index in [4.69, 9.17) is 0 Å². The summed E-state index contributed by atoms with van der Waals surface area (Å²) in [6.07, 6.45) is 3.14. The van der Waals surface area contributed by atoms with Gasteiger partial charge in [0, 0.05) is 38.8 Å². The van der Waals surface area contributed by atoms with E-state index in [-0.39, 0.29) is 10.8 Å². The third-order valence-corrected chi connectivity index (χ3v) is 7.95. The third kappa shape index (κ3) is 4.43. The van der Waals surface area contributed by atoms with Gasteiger partial charge in [0.1, 0.15) is 0 Å². The molecule has 0 unspecified atom stereocenters. The molecule has 0 aromatic heterocycles. The molecule has 0 atom stereocenters. The smallest absolute Gasteiger partial charge is 0.253 e. The summed E-state index contributed by atoms with van der Waals surface area (Å²) in [6.45, 7) is 4.50. The zero-order valence-electron chi connectivity index (χ0n) is 17.5. The van der Waals surface area contributed by atoms with Crippen LogP contribution in [0.1, 0.15) is 34.3 Å². The maximum absolute atomic E-state index is 13.2. The van der Waals surface area contributed by atoms with E-state index in [0.717, 1.165) is 25.2 Å². The average Bonchev–Trinajstić information content (AvgIpc) is 3.30. The minimum absolute atomic E-state index is 0.143. The van der Waals surface area contributed by atoms with Crippen molar-refractivity contribution in [2.75, 3.05) is 39.8 Å². The predicted molar refractivity (Wildman–Crippen MR) is 117 cm³/mol. The molecule has 7 heteroatoms. The molecule has 0 bridgehead atoms. The van der Waals surface area contributed by atoms with Crippen molar-refractivity contribution < 1.29 is 13.2 Å². The lowest BCUT2D eigenvalue weighted by Crippen LogP contribution is -2.36. The Morgan fingerprint density at radius 1 is 1.00 bits per heavy atom. The summed E-state index contributed by atoms with van der Waals surface area (Å²) in [6, 6.07) is 14.4. The summed E-state index contributed by atoms with van der Waals surface area (Å²) in [5.41, 5.74) is 2.66. The Labute approximate surface area is 179 Å². The molecule has 1 saturated heterocycles. The Balaban J connectivity index is 1.47. The maximum atomic E-state index is 13.2. The SMILES string of the molecule is CN(CCN1CCCC1)C(=O)c1cccc(S(=O)(=O)N2CCc3ccccc3C2)c1. The maximum Gasteiger partial charge on any atom is 0.253 e. The highest BCUT2D eigenvalue weighted by Crippen LogP contribution is 2.25. The second-order valence-electron chi connectivity index (χ2n) is 8.16. The number of hydrogen-bond donors (Lipinski definition) is 0. The van der Waals surface area contributed by atoms with Crippen molar-refractivity contribution in [3.8, 4) is 0 Å². The zero-order valence-corrected chi connectivity index (χ0v) is 18.3. The van der Waals surface area contributed by atoms with Gasteiger partial charge in [-0.15, -0.1) is 0 Å². The lowest BCUT2D eigenvalue weighted by Gasteiger charge is -2.28. The molecular formula is C23H29N3O3S. The van der Waals surface area contributed by atoms with Gasteiger partial charge in [0.15, 0.2) is 0 Å². The van der Waals surface area contributed by atoms with Crippen LogP contribution in [-0.2, 0) is 23.0 Å². The summed E-state index contributed by atoms with van der Waals surface area (Å²) in [4.78, 5) is 17.1. The zero-order chi connectivity index (χ0) is 21.1. The molecule has 30 heavy (non-hydrogen) atoms. The van der Waals surface area contributed by atoms with E-state index < -0.39 is 10.0 Å². The predicted octanol–water partition coefficient (Wildman–Crippen LogP) is 2.60. The van der Waals surface area contributed by atoms with Gasteiger partial charge in [-0.2, -0.15) is 4.31 Å². The van der Waals surface area contributed by atoms with Crippen LogP contribution in [0.5, 0.6) is 0 Å². The Morgan fingerprint density at radius 3 is 2.50 bits per heavy atom. The summed E-state index contributed by atoms with van der Waals surface area (Å²) in [7, 11) is -1.88. The van der Waals surface area contributed by atoms with Crippen molar-refractivity contribution in [3.63, 3.8) is 0 Å². The van der Waals surface area contributed by atoms with Crippen LogP contribution in [0.2, 0.25) is 0 Å². The quantitative estimate of drug-likeness (QED) is 0.711. The van der Waals surface area contributed by atoms with Crippen molar-refractivity contribution in [3.05, 3.63) is 65.2 Å². The number of likely N-dealkylation sites (N-methyl/N-ethyl adjacent to an activating group) is 1. The monoisotopic (exact) mass is 427 g/mol. The molecule has 0 N–H and O–H groups in total. The van der Waals surface area contributed by atoms with Gasteiger partial charge in [-0.3, -0.25) is 4.79 Å². The van der Waals surface area contributed by atoms with Crippen molar-refractivity contribution in [1.82, 2.24) is 14.1 Å². The molecule has 2 heterocycles. The first-order valence-corrected chi connectivity index (χ1v) is 12.0. The number of rotatable bonds is 6. The van der Waals surface area contributed by atoms with Crippen molar-refractivity contribution in [1.29, 1.82) is 0 Å². The standard InChI is InChI=1S/C23H29N3O3S/c1-24(15-16-25-12-4-5-13-25)23(27)20-9-6-10-22(17-20)30(28,29)26-14-11-19-7-2-3-8-21(19)18-26/h2-3,6-10,17H,4-5,11-16,18H2,1H3. The molecule has 4 rings (SSSR count). The van der Waals surface area contributed by atoms with Crippen LogP contribution in [0.4, 0.5) is 0 Å². The fourth-order valence-corrected chi connectivity index (χ4v) is 5.70. The molecule has 6 nitrogen and oxygen atoms in total. The second-order valence-corrected chi connectivity index (χ2v) is 10.1. The molecular weight excluding hydrogens is 398 g/mol. The van der Waals surface area contributed by atoms with Gasteiger partial charge in [-0.05, 0) is 61.7 Å². The Kier molecular flexibility index (Phi) is 6.22. The van der Waals surface area contributed by atoms with E-state index in [1.165, 1.54) is 28.8 Å². The van der Waals surface area contributed by atoms with Crippen molar-refractivity contribution >= 4 is 15.9 Å². The third-order valence-electron chi connectivity index (χ3n) is 6.11. The highest BCUT2D eigenvalue weighted by Gasteiger charge is 2.29. The molecule has 0 saturated carbocycles. The number of sulfonamides is 1. The summed E-state index contributed by atoms with van der Waals surface area (Å²) in [5.74, 6) is -0.143. The lowest BCUT2D eigenvalue weighted by molar-refractivity contribution is 0.0782. The van der Waals surface area contributed by atoms with Gasteiger partial charge in [0.25, 0.3) is 5.91 Å². The molecule has 0 aliphatic carbocycles. The number of nitrogens with zero attached hydrogens (tertiary/aromatic N) is 3. The van der Waals surface area contributed by atoms with Gasteiger partial charge < -0.3 is 9.80 Å². The van der Waals surface area contributed by atoms with Crippen molar-refractivity contribution in [2.24, 2.45) is 0 Å². The Bertz CT molecular complexity index is 1020. The second kappa shape index (κ2) is 8.88. The number of fused-ring (bicyclic) bond motifs is 1. The van der Waals surface area contributed by atoms with Crippen molar-refractivity contribution in [2.45, 2.75) is 30.7 Å². The Morgan fingerprint density at radius 2 is 1.73 bits per heavy atom. The molecule has 0 spiro atoms. The van der Waals surface area contributed by atoms with Gasteiger partial charge in [0.2, 0.25) is 10.0 Å². The molecule has 2 aromatic rings. The van der Waals surface area contributed by atoms with E-state index >= 15 is 0 Å². The highest BCUT2D eigenvalue weighted by molar-refractivity contribution is 7.89. The largest absolute Gasteiger partial charge is 0.340 e. The molecule has 1 amide bonds. The number of carbonyl (C=O) groups is 1. The topological polar surface area (TPSA) is 60.9 Å². The first kappa shape index (κ1) is 21.0. The van der Waals surface area contributed by atoms with E-state index in [9.17, 15) is 13.2 Å². The molecule has 2 aliphatic heterocycles. The average molecular weight is 428 g/mol. The molecule has 0 radical (unpaired) electrons. The van der Waals surface area contributed by atoms with Crippen LogP contribution >= 0.6 is 0 Å². The number of likely N-dealkylation sites (tertiary alicyclic amines) is 1. The van der Waals surface area contributed by atoms with Gasteiger partial charge in [0.05, 0.1) is 4.90 Å². The van der Waals surface area contributed by atoms with Gasteiger partial charge in [-0.25, -0.2) is 8.42 Å². The van der Waals surface area contributed by atoms with Crippen LogP contribution in [0.15, 0.2) is 53.4 Å². The van der Waals surface area contributed by atoms with Crippen LogP contribution in [0.3, 0.4) is 0 Å². The number of amides is 1. The van der Waals surface area contributed by atoms with Crippen LogP contribution in [0, 0.1) is 0 Å². The van der Waals surface area contributed by atoms with E-state index in [1.54, 1.807) is 30.1 Å². The van der Waals surface area contributed by atoms with E-state index in [0.29, 0.717) is 31.6 Å². The highest BCUT2D eigenvalue weighted by atomic mass is 32.2. The van der Waals surface area contributed by atoms with E-state index in [2.05, 4.69) is 11.0 Å². The number of benzene rings is 2. The molecule has 1 fully saturated rings. The molecule has 2 aliphatic rings. The molecule has 160 valence electrons.